The van der Waals surface area contributed by atoms with E-state index in [0.29, 0.717) is 18.4 Å². The van der Waals surface area contributed by atoms with Gasteiger partial charge in [-0.3, -0.25) is 9.69 Å². The number of ether oxygens (including phenoxy) is 1. The van der Waals surface area contributed by atoms with Crippen LogP contribution in [0.15, 0.2) is 0 Å². The highest BCUT2D eigenvalue weighted by Crippen LogP contribution is 2.23. The number of carbonyl (C=O) groups excluding carboxylic acids is 1. The zero-order chi connectivity index (χ0) is 13.8. The number of nitrogens with two attached hydrogens (primary N) is 1. The summed E-state index contributed by atoms with van der Waals surface area (Å²) in [6.07, 6.45) is 1.37. The third kappa shape index (κ3) is 3.91. The van der Waals surface area contributed by atoms with Crippen molar-refractivity contribution in [1.29, 1.82) is 0 Å². The number of hydrogen-bond donors (Lipinski definition) is 1. The summed E-state index contributed by atoms with van der Waals surface area (Å²) in [6, 6.07) is 0.613. The Balaban J connectivity index is 1.84. The second-order valence-corrected chi connectivity index (χ2v) is 6.01. The van der Waals surface area contributed by atoms with Gasteiger partial charge < -0.3 is 15.4 Å². The third-order valence-electron chi connectivity index (χ3n) is 4.25. The molecule has 0 bridgehead atoms. The molecule has 2 heterocycles. The van der Waals surface area contributed by atoms with Gasteiger partial charge in [0.25, 0.3) is 0 Å². The number of nitrogens with zero attached hydrogens (tertiary/aromatic N) is 2. The molecule has 0 aromatic carbocycles. The van der Waals surface area contributed by atoms with Crippen LogP contribution in [0, 0.1) is 5.92 Å². The Bertz CT molecular complexity index is 303. The van der Waals surface area contributed by atoms with Gasteiger partial charge in [-0.1, -0.05) is 6.92 Å². The molecule has 1 amide bonds. The van der Waals surface area contributed by atoms with Gasteiger partial charge in [-0.2, -0.15) is 0 Å². The number of morpholine rings is 1. The van der Waals surface area contributed by atoms with Crippen LogP contribution in [0.3, 0.4) is 0 Å². The lowest BCUT2D eigenvalue weighted by Gasteiger charge is -2.34. The van der Waals surface area contributed by atoms with E-state index in [-0.39, 0.29) is 11.9 Å². The van der Waals surface area contributed by atoms with Crippen molar-refractivity contribution < 1.29 is 9.53 Å². The minimum Gasteiger partial charge on any atom is -0.379 e. The summed E-state index contributed by atoms with van der Waals surface area (Å²) in [5.41, 5.74) is 5.72. The van der Waals surface area contributed by atoms with E-state index in [0.717, 1.165) is 45.8 Å². The first-order chi connectivity index (χ1) is 9.08. The average Bonchev–Trinajstić information content (AvgIpc) is 2.79. The van der Waals surface area contributed by atoms with Crippen LogP contribution in [0.5, 0.6) is 0 Å². The van der Waals surface area contributed by atoms with Crippen molar-refractivity contribution in [2.75, 3.05) is 39.4 Å². The molecule has 3 unspecified atom stereocenters. The lowest BCUT2D eigenvalue weighted by molar-refractivity contribution is -0.130. The monoisotopic (exact) mass is 269 g/mol. The van der Waals surface area contributed by atoms with E-state index < -0.39 is 0 Å². The maximum absolute atomic E-state index is 12.2. The highest BCUT2D eigenvalue weighted by Gasteiger charge is 2.36. The Hall–Kier alpha value is -0.650. The molecule has 2 aliphatic rings. The van der Waals surface area contributed by atoms with Gasteiger partial charge in [-0.25, -0.2) is 0 Å². The molecule has 2 saturated heterocycles. The van der Waals surface area contributed by atoms with Crippen LogP contribution < -0.4 is 5.73 Å². The first-order valence-corrected chi connectivity index (χ1v) is 7.43. The Kier molecular flexibility index (Phi) is 5.19. The summed E-state index contributed by atoms with van der Waals surface area (Å²) in [4.78, 5) is 16.7. The van der Waals surface area contributed by atoms with Gasteiger partial charge in [0.05, 0.1) is 13.2 Å². The van der Waals surface area contributed by atoms with Crippen LogP contribution in [0.25, 0.3) is 0 Å². The van der Waals surface area contributed by atoms with Crippen molar-refractivity contribution in [3.63, 3.8) is 0 Å². The Labute approximate surface area is 116 Å². The average molecular weight is 269 g/mol. The van der Waals surface area contributed by atoms with E-state index in [1.807, 2.05) is 11.8 Å². The molecule has 19 heavy (non-hydrogen) atoms. The van der Waals surface area contributed by atoms with Crippen LogP contribution in [0.1, 0.15) is 26.7 Å². The van der Waals surface area contributed by atoms with E-state index >= 15 is 0 Å². The molecule has 0 aromatic rings. The van der Waals surface area contributed by atoms with Gasteiger partial charge in [0.2, 0.25) is 5.91 Å². The van der Waals surface area contributed by atoms with Gasteiger partial charge >= 0.3 is 0 Å². The first-order valence-electron chi connectivity index (χ1n) is 7.43. The highest BCUT2D eigenvalue weighted by atomic mass is 16.5. The van der Waals surface area contributed by atoms with Crippen molar-refractivity contribution in [2.45, 2.75) is 38.8 Å². The lowest BCUT2D eigenvalue weighted by atomic mass is 10.0. The molecule has 0 spiro atoms. The number of amides is 1. The van der Waals surface area contributed by atoms with Crippen molar-refractivity contribution >= 4 is 5.91 Å². The lowest BCUT2D eigenvalue weighted by Crippen LogP contribution is -2.47. The van der Waals surface area contributed by atoms with E-state index in [2.05, 4.69) is 11.8 Å². The Morgan fingerprint density at radius 1 is 1.37 bits per heavy atom. The smallest absolute Gasteiger partial charge is 0.222 e. The van der Waals surface area contributed by atoms with E-state index in [4.69, 9.17) is 10.5 Å². The number of carbonyl (C=O) groups is 1. The van der Waals surface area contributed by atoms with Gasteiger partial charge in [-0.05, 0) is 19.3 Å². The molecule has 3 atom stereocenters. The van der Waals surface area contributed by atoms with Crippen molar-refractivity contribution in [3.05, 3.63) is 0 Å². The largest absolute Gasteiger partial charge is 0.379 e. The third-order valence-corrected chi connectivity index (χ3v) is 4.25. The minimum absolute atomic E-state index is 0.110. The van der Waals surface area contributed by atoms with Crippen LogP contribution >= 0.6 is 0 Å². The summed E-state index contributed by atoms with van der Waals surface area (Å²) < 4.78 is 5.40. The van der Waals surface area contributed by atoms with E-state index in [1.165, 1.54) is 0 Å². The Morgan fingerprint density at radius 2 is 2.05 bits per heavy atom. The Morgan fingerprint density at radius 3 is 2.68 bits per heavy atom. The summed E-state index contributed by atoms with van der Waals surface area (Å²) in [5, 5.41) is 0. The van der Waals surface area contributed by atoms with Crippen molar-refractivity contribution in [1.82, 2.24) is 9.80 Å². The summed E-state index contributed by atoms with van der Waals surface area (Å²) in [6.45, 7) is 9.60. The van der Waals surface area contributed by atoms with E-state index in [9.17, 15) is 4.79 Å². The molecule has 0 aliphatic carbocycles. The van der Waals surface area contributed by atoms with Gasteiger partial charge in [-0.15, -0.1) is 0 Å². The predicted molar refractivity (Wildman–Crippen MR) is 74.8 cm³/mol. The topological polar surface area (TPSA) is 58.8 Å². The fourth-order valence-electron chi connectivity index (χ4n) is 3.05. The molecule has 0 radical (unpaired) electrons. The summed E-state index contributed by atoms with van der Waals surface area (Å²) in [7, 11) is 0. The fraction of sp³-hybridized carbons (Fsp3) is 0.929. The van der Waals surface area contributed by atoms with Gasteiger partial charge in [0, 0.05) is 44.7 Å². The number of hydrogen-bond acceptors (Lipinski definition) is 4. The second-order valence-electron chi connectivity index (χ2n) is 6.01. The summed E-state index contributed by atoms with van der Waals surface area (Å²) in [5.74, 6) is 0.817. The zero-order valence-corrected chi connectivity index (χ0v) is 12.2. The standard InChI is InChI=1S/C14H27N3O2/c1-11-9-17(14(18)4-3-12(2)15)10-13(11)16-5-7-19-8-6-16/h11-13H,3-10,15H2,1-2H3. The molecular weight excluding hydrogens is 242 g/mol. The first kappa shape index (κ1) is 14.8. The summed E-state index contributed by atoms with van der Waals surface area (Å²) >= 11 is 0. The van der Waals surface area contributed by atoms with Crippen LogP contribution in [0.4, 0.5) is 0 Å². The molecule has 2 rings (SSSR count). The quantitative estimate of drug-likeness (QED) is 0.797. The van der Waals surface area contributed by atoms with Crippen molar-refractivity contribution in [3.8, 4) is 0 Å². The number of likely N-dealkylation sites (tertiary alicyclic amines) is 1. The van der Waals surface area contributed by atoms with Crippen LogP contribution in [0.2, 0.25) is 0 Å². The van der Waals surface area contributed by atoms with Gasteiger partial charge in [0.1, 0.15) is 0 Å². The predicted octanol–water partition coefficient (Wildman–Crippen LogP) is 0.293. The molecular formula is C14H27N3O2. The zero-order valence-electron chi connectivity index (χ0n) is 12.2. The van der Waals surface area contributed by atoms with Crippen LogP contribution in [-0.2, 0) is 9.53 Å². The van der Waals surface area contributed by atoms with Crippen LogP contribution in [-0.4, -0.2) is 67.2 Å². The minimum atomic E-state index is 0.110. The molecule has 110 valence electrons. The molecule has 2 N–H and O–H groups in total. The highest BCUT2D eigenvalue weighted by molar-refractivity contribution is 5.76. The molecule has 2 fully saturated rings. The molecule has 0 aromatic heterocycles. The van der Waals surface area contributed by atoms with Gasteiger partial charge in [0.15, 0.2) is 0 Å². The maximum atomic E-state index is 12.2. The molecule has 2 aliphatic heterocycles. The fourth-order valence-corrected chi connectivity index (χ4v) is 3.05. The SMILES string of the molecule is CC(N)CCC(=O)N1CC(C)C(N2CCOCC2)C1. The van der Waals surface area contributed by atoms with E-state index in [1.54, 1.807) is 0 Å². The number of rotatable bonds is 4. The molecule has 0 saturated carbocycles. The molecule has 5 heteroatoms. The maximum Gasteiger partial charge on any atom is 0.222 e. The second kappa shape index (κ2) is 6.68. The van der Waals surface area contributed by atoms with Crippen molar-refractivity contribution in [2.24, 2.45) is 11.7 Å². The normalized spacial score (nSPS) is 30.6. The molecule has 5 nitrogen and oxygen atoms in total.